The highest BCUT2D eigenvalue weighted by Crippen LogP contribution is 2.11. The zero-order valence-electron chi connectivity index (χ0n) is 11.4. The summed E-state index contributed by atoms with van der Waals surface area (Å²) < 4.78 is 0. The summed E-state index contributed by atoms with van der Waals surface area (Å²) >= 11 is 1.29. The molecular formula is C14H15N3O3S. The van der Waals surface area contributed by atoms with E-state index in [-0.39, 0.29) is 17.6 Å². The van der Waals surface area contributed by atoms with Crippen LogP contribution in [0.25, 0.3) is 0 Å². The molecular weight excluding hydrogens is 290 g/mol. The van der Waals surface area contributed by atoms with E-state index in [2.05, 4.69) is 15.6 Å². The lowest BCUT2D eigenvalue weighted by molar-refractivity contribution is 0.0929. The largest absolute Gasteiger partial charge is 0.508 e. The molecule has 0 aliphatic heterocycles. The van der Waals surface area contributed by atoms with Gasteiger partial charge in [0.05, 0.1) is 11.2 Å². The molecule has 2 aromatic rings. The zero-order chi connectivity index (χ0) is 15.2. The monoisotopic (exact) mass is 305 g/mol. The van der Waals surface area contributed by atoms with Gasteiger partial charge in [0.1, 0.15) is 10.6 Å². The molecule has 0 radical (unpaired) electrons. The molecule has 21 heavy (non-hydrogen) atoms. The number of carbonyl (C=O) groups excluding carboxylic acids is 2. The van der Waals surface area contributed by atoms with Crippen molar-refractivity contribution in [3.05, 3.63) is 45.9 Å². The first-order chi connectivity index (χ1) is 10.1. The van der Waals surface area contributed by atoms with Gasteiger partial charge in [-0.15, -0.1) is 11.3 Å². The van der Waals surface area contributed by atoms with E-state index < -0.39 is 0 Å². The van der Waals surface area contributed by atoms with Crippen LogP contribution in [-0.4, -0.2) is 35.0 Å². The predicted molar refractivity (Wildman–Crippen MR) is 79.6 cm³/mol. The number of phenols is 1. The molecule has 1 aromatic carbocycles. The number of amides is 2. The number of carbonyl (C=O) groups is 2. The summed E-state index contributed by atoms with van der Waals surface area (Å²) in [5.74, 6) is -0.328. The summed E-state index contributed by atoms with van der Waals surface area (Å²) in [5, 5.41) is 14.5. The minimum Gasteiger partial charge on any atom is -0.508 e. The van der Waals surface area contributed by atoms with Crippen molar-refractivity contribution in [3.63, 3.8) is 0 Å². The molecule has 0 saturated heterocycles. The predicted octanol–water partition coefficient (Wildman–Crippen LogP) is 1.32. The van der Waals surface area contributed by atoms with E-state index in [1.165, 1.54) is 35.6 Å². The number of nitrogens with one attached hydrogen (secondary N) is 2. The van der Waals surface area contributed by atoms with E-state index >= 15 is 0 Å². The molecule has 0 bridgehead atoms. The van der Waals surface area contributed by atoms with E-state index in [0.29, 0.717) is 29.2 Å². The number of benzene rings is 1. The Morgan fingerprint density at radius 2 is 1.76 bits per heavy atom. The lowest BCUT2D eigenvalue weighted by Gasteiger charge is -2.06. The number of aromatic nitrogens is 1. The fourth-order valence-corrected chi connectivity index (χ4v) is 2.39. The first-order valence-electron chi connectivity index (χ1n) is 6.33. The number of aromatic hydroxyl groups is 1. The molecule has 0 unspecified atom stereocenters. The fourth-order valence-electron chi connectivity index (χ4n) is 1.67. The molecule has 3 N–H and O–H groups in total. The van der Waals surface area contributed by atoms with Gasteiger partial charge in [-0.1, -0.05) is 0 Å². The molecule has 6 nitrogen and oxygen atoms in total. The Morgan fingerprint density at radius 3 is 2.33 bits per heavy atom. The van der Waals surface area contributed by atoms with Crippen LogP contribution < -0.4 is 10.6 Å². The average Bonchev–Trinajstić information content (AvgIpc) is 2.90. The third-order valence-electron chi connectivity index (χ3n) is 2.78. The van der Waals surface area contributed by atoms with Gasteiger partial charge in [-0.05, 0) is 31.2 Å². The zero-order valence-corrected chi connectivity index (χ0v) is 12.2. The Hall–Kier alpha value is -2.41. The van der Waals surface area contributed by atoms with Crippen molar-refractivity contribution >= 4 is 23.2 Å². The van der Waals surface area contributed by atoms with Crippen LogP contribution in [-0.2, 0) is 0 Å². The van der Waals surface area contributed by atoms with Crippen LogP contribution in [0.4, 0.5) is 0 Å². The minimum atomic E-state index is -0.252. The maximum Gasteiger partial charge on any atom is 0.263 e. The molecule has 2 amide bonds. The molecule has 0 aliphatic carbocycles. The Labute approximate surface area is 125 Å². The van der Waals surface area contributed by atoms with E-state index in [9.17, 15) is 9.59 Å². The number of hydrogen-bond acceptors (Lipinski definition) is 5. The van der Waals surface area contributed by atoms with Gasteiger partial charge in [0.15, 0.2) is 0 Å². The van der Waals surface area contributed by atoms with Crippen LogP contribution in [0.5, 0.6) is 5.75 Å². The van der Waals surface area contributed by atoms with Crippen molar-refractivity contribution in [2.75, 3.05) is 13.1 Å². The molecule has 0 atom stereocenters. The molecule has 1 heterocycles. The van der Waals surface area contributed by atoms with Gasteiger partial charge in [0, 0.05) is 18.7 Å². The maximum atomic E-state index is 11.8. The Balaban J connectivity index is 1.75. The Bertz CT molecular complexity index is 637. The summed E-state index contributed by atoms with van der Waals surface area (Å²) in [7, 11) is 0. The van der Waals surface area contributed by atoms with E-state index in [1.54, 1.807) is 12.4 Å². The topological polar surface area (TPSA) is 91.3 Å². The first-order valence-corrected chi connectivity index (χ1v) is 7.21. The minimum absolute atomic E-state index is 0.110. The normalized spacial score (nSPS) is 10.1. The van der Waals surface area contributed by atoms with Gasteiger partial charge in [-0.3, -0.25) is 9.59 Å². The second-order valence-corrected chi connectivity index (χ2v) is 5.18. The second kappa shape index (κ2) is 6.85. The van der Waals surface area contributed by atoms with Crippen molar-refractivity contribution in [1.29, 1.82) is 0 Å². The van der Waals surface area contributed by atoms with E-state index in [1.807, 2.05) is 0 Å². The number of thiazole rings is 1. The molecule has 0 aliphatic rings. The van der Waals surface area contributed by atoms with Crippen molar-refractivity contribution in [2.24, 2.45) is 0 Å². The van der Waals surface area contributed by atoms with Crippen molar-refractivity contribution in [3.8, 4) is 5.75 Å². The quantitative estimate of drug-likeness (QED) is 0.727. The molecule has 0 saturated carbocycles. The fraction of sp³-hybridized carbons (Fsp3) is 0.214. The smallest absolute Gasteiger partial charge is 0.263 e. The molecule has 1 aromatic heterocycles. The molecule has 7 heteroatoms. The summed E-state index contributed by atoms with van der Waals surface area (Å²) in [6.07, 6.45) is 0. The molecule has 2 rings (SSSR count). The van der Waals surface area contributed by atoms with Crippen LogP contribution in [0, 0.1) is 6.92 Å². The van der Waals surface area contributed by atoms with Gasteiger partial charge >= 0.3 is 0 Å². The number of aryl methyl sites for hydroxylation is 1. The Kier molecular flexibility index (Phi) is 4.89. The summed E-state index contributed by atoms with van der Waals surface area (Å²) in [4.78, 5) is 28.2. The Morgan fingerprint density at radius 1 is 1.14 bits per heavy atom. The molecule has 0 spiro atoms. The van der Waals surface area contributed by atoms with E-state index in [4.69, 9.17) is 5.11 Å². The summed E-state index contributed by atoms with van der Waals surface area (Å²) in [6, 6.07) is 5.96. The highest BCUT2D eigenvalue weighted by molar-refractivity contribution is 7.11. The third kappa shape index (κ3) is 4.03. The van der Waals surface area contributed by atoms with Crippen molar-refractivity contribution in [2.45, 2.75) is 6.92 Å². The highest BCUT2D eigenvalue weighted by Gasteiger charge is 2.11. The van der Waals surface area contributed by atoms with Gasteiger partial charge in [-0.25, -0.2) is 4.98 Å². The first kappa shape index (κ1) is 15.0. The van der Waals surface area contributed by atoms with Crippen LogP contribution in [0.15, 0.2) is 29.8 Å². The van der Waals surface area contributed by atoms with Crippen LogP contribution in [0.1, 0.15) is 25.7 Å². The number of rotatable bonds is 5. The van der Waals surface area contributed by atoms with Gasteiger partial charge < -0.3 is 15.7 Å². The standard InChI is InChI=1S/C14H15N3O3S/c1-9-12(21-8-17-9)14(20)16-7-6-15-13(19)10-2-4-11(18)5-3-10/h2-5,8,18H,6-7H2,1H3,(H,15,19)(H,16,20). The molecule has 0 fully saturated rings. The second-order valence-electron chi connectivity index (χ2n) is 4.33. The van der Waals surface area contributed by atoms with E-state index in [0.717, 1.165) is 0 Å². The van der Waals surface area contributed by atoms with Gasteiger partial charge in [0.25, 0.3) is 11.8 Å². The van der Waals surface area contributed by atoms with Crippen molar-refractivity contribution in [1.82, 2.24) is 15.6 Å². The maximum absolute atomic E-state index is 11.8. The van der Waals surface area contributed by atoms with Crippen LogP contribution >= 0.6 is 11.3 Å². The summed E-state index contributed by atoms with van der Waals surface area (Å²) in [6.45, 7) is 2.43. The number of hydrogen-bond donors (Lipinski definition) is 3. The SMILES string of the molecule is Cc1ncsc1C(=O)NCCNC(=O)c1ccc(O)cc1. The van der Waals surface area contributed by atoms with Crippen LogP contribution in [0.2, 0.25) is 0 Å². The lowest BCUT2D eigenvalue weighted by Crippen LogP contribution is -2.34. The van der Waals surface area contributed by atoms with Gasteiger partial charge in [0.2, 0.25) is 0 Å². The van der Waals surface area contributed by atoms with Gasteiger partial charge in [-0.2, -0.15) is 0 Å². The van der Waals surface area contributed by atoms with Crippen molar-refractivity contribution < 1.29 is 14.7 Å². The summed E-state index contributed by atoms with van der Waals surface area (Å²) in [5.41, 5.74) is 2.78. The van der Waals surface area contributed by atoms with Crippen LogP contribution in [0.3, 0.4) is 0 Å². The average molecular weight is 305 g/mol. The third-order valence-corrected chi connectivity index (χ3v) is 3.70. The molecule has 110 valence electrons. The number of nitrogens with zero attached hydrogens (tertiary/aromatic N) is 1. The lowest BCUT2D eigenvalue weighted by atomic mass is 10.2. The number of phenolic OH excluding ortho intramolecular Hbond substituents is 1. The highest BCUT2D eigenvalue weighted by atomic mass is 32.1.